The van der Waals surface area contributed by atoms with Crippen LogP contribution in [0.5, 0.6) is 0 Å². The fourth-order valence-corrected chi connectivity index (χ4v) is 2.37. The van der Waals surface area contributed by atoms with Gasteiger partial charge in [0.1, 0.15) is 11.4 Å². The number of hydrogen-bond donors (Lipinski definition) is 2. The predicted octanol–water partition coefficient (Wildman–Crippen LogP) is 4.05. The van der Waals surface area contributed by atoms with Gasteiger partial charge in [-0.15, -0.1) is 12.4 Å². The first-order valence-corrected chi connectivity index (χ1v) is 7.54. The number of aromatic carboxylic acids is 1. The third kappa shape index (κ3) is 4.12. The lowest BCUT2D eigenvalue weighted by molar-refractivity contribution is 0.0696. The summed E-state index contributed by atoms with van der Waals surface area (Å²) >= 11 is 5.89. The second-order valence-electron chi connectivity index (χ2n) is 5.49. The number of nitrogens with zero attached hydrogens (tertiary/aromatic N) is 2. The maximum absolute atomic E-state index is 11.5. The summed E-state index contributed by atoms with van der Waals surface area (Å²) in [6.45, 7) is 2.43. The van der Waals surface area contributed by atoms with E-state index in [1.54, 1.807) is 19.1 Å². The van der Waals surface area contributed by atoms with Crippen molar-refractivity contribution in [3.8, 4) is 11.4 Å². The minimum Gasteiger partial charge on any atom is -0.477 e. The number of rotatable bonds is 5. The normalized spacial score (nSPS) is 13.3. The molecule has 0 bridgehead atoms. The zero-order chi connectivity index (χ0) is 15.7. The lowest BCUT2D eigenvalue weighted by Crippen LogP contribution is -2.14. The van der Waals surface area contributed by atoms with Gasteiger partial charge in [-0.3, -0.25) is 0 Å². The molecule has 1 saturated carbocycles. The van der Waals surface area contributed by atoms with Crippen LogP contribution in [0.3, 0.4) is 0 Å². The van der Waals surface area contributed by atoms with Crippen LogP contribution in [0.15, 0.2) is 24.3 Å². The van der Waals surface area contributed by atoms with Crippen LogP contribution >= 0.6 is 24.0 Å². The minimum absolute atomic E-state index is 0. The second kappa shape index (κ2) is 7.15. The number of nitrogens with one attached hydrogen (secondary N) is 1. The largest absolute Gasteiger partial charge is 0.477 e. The molecule has 0 atom stereocenters. The van der Waals surface area contributed by atoms with Gasteiger partial charge in [0.15, 0.2) is 5.82 Å². The molecule has 0 aliphatic heterocycles. The Morgan fingerprint density at radius 1 is 1.30 bits per heavy atom. The van der Waals surface area contributed by atoms with Gasteiger partial charge in [-0.1, -0.05) is 11.6 Å². The summed E-state index contributed by atoms with van der Waals surface area (Å²) in [5.74, 6) is 0.490. The van der Waals surface area contributed by atoms with Gasteiger partial charge in [0, 0.05) is 17.1 Å². The van der Waals surface area contributed by atoms with Crippen LogP contribution in [0.2, 0.25) is 5.02 Å². The second-order valence-corrected chi connectivity index (χ2v) is 5.93. The van der Waals surface area contributed by atoms with Crippen molar-refractivity contribution in [2.24, 2.45) is 5.92 Å². The molecule has 0 unspecified atom stereocenters. The molecule has 7 heteroatoms. The van der Waals surface area contributed by atoms with E-state index in [4.69, 9.17) is 11.6 Å². The topological polar surface area (TPSA) is 75.1 Å². The van der Waals surface area contributed by atoms with E-state index in [1.807, 2.05) is 12.1 Å². The summed E-state index contributed by atoms with van der Waals surface area (Å²) in [5.41, 5.74) is 1.39. The van der Waals surface area contributed by atoms with E-state index in [0.717, 1.165) is 12.1 Å². The highest BCUT2D eigenvalue weighted by molar-refractivity contribution is 6.30. The highest BCUT2D eigenvalue weighted by Crippen LogP contribution is 2.30. The highest BCUT2D eigenvalue weighted by Gasteiger charge is 2.23. The average molecular weight is 354 g/mol. The number of aryl methyl sites for hydroxylation is 1. The fraction of sp³-hybridized carbons (Fsp3) is 0.312. The van der Waals surface area contributed by atoms with Crippen LogP contribution in [0.1, 0.15) is 28.9 Å². The Bertz CT molecular complexity index is 716. The smallest absolute Gasteiger partial charge is 0.341 e. The maximum Gasteiger partial charge on any atom is 0.341 e. The number of carbonyl (C=O) groups is 1. The van der Waals surface area contributed by atoms with Crippen molar-refractivity contribution < 1.29 is 9.90 Å². The van der Waals surface area contributed by atoms with E-state index in [1.165, 1.54) is 12.8 Å². The zero-order valence-corrected chi connectivity index (χ0v) is 14.1. The van der Waals surface area contributed by atoms with E-state index in [9.17, 15) is 9.90 Å². The molecule has 1 aliphatic carbocycles. The summed E-state index contributed by atoms with van der Waals surface area (Å²) < 4.78 is 0. The molecule has 1 aromatic carbocycles. The number of halogens is 2. The van der Waals surface area contributed by atoms with E-state index >= 15 is 0 Å². The first-order valence-electron chi connectivity index (χ1n) is 7.16. The number of carboxylic acid groups (broad SMARTS) is 1. The van der Waals surface area contributed by atoms with E-state index in [2.05, 4.69) is 15.3 Å². The van der Waals surface area contributed by atoms with Gasteiger partial charge in [-0.05, 0) is 49.9 Å². The molecule has 23 heavy (non-hydrogen) atoms. The molecule has 122 valence electrons. The molecule has 0 spiro atoms. The third-order valence-corrected chi connectivity index (χ3v) is 3.91. The van der Waals surface area contributed by atoms with Crippen molar-refractivity contribution in [3.05, 3.63) is 40.5 Å². The van der Waals surface area contributed by atoms with Crippen molar-refractivity contribution in [2.75, 3.05) is 11.9 Å². The molecular formula is C16H17Cl2N3O2. The number of hydrogen-bond acceptors (Lipinski definition) is 4. The lowest BCUT2D eigenvalue weighted by atomic mass is 10.1. The zero-order valence-electron chi connectivity index (χ0n) is 12.5. The number of benzene rings is 1. The molecule has 1 aliphatic rings. The number of anilines is 1. The summed E-state index contributed by atoms with van der Waals surface area (Å²) in [6.07, 6.45) is 2.37. The monoisotopic (exact) mass is 353 g/mol. The minimum atomic E-state index is -1.02. The van der Waals surface area contributed by atoms with Gasteiger partial charge in [-0.25, -0.2) is 14.8 Å². The Morgan fingerprint density at radius 3 is 2.52 bits per heavy atom. The van der Waals surface area contributed by atoms with E-state index in [0.29, 0.717) is 28.3 Å². The molecule has 2 N–H and O–H groups in total. The first kappa shape index (κ1) is 17.5. The lowest BCUT2D eigenvalue weighted by Gasteiger charge is -2.12. The molecule has 2 aromatic rings. The molecule has 3 rings (SSSR count). The van der Waals surface area contributed by atoms with Crippen molar-refractivity contribution in [1.29, 1.82) is 0 Å². The Balaban J connectivity index is 0.00000192. The standard InChI is InChI=1S/C16H16ClN3O2.ClH/c1-9-13(16(21)22)15(18-8-10-2-3-10)20-14(19-9)11-4-6-12(17)7-5-11;/h4-7,10H,2-3,8H2,1H3,(H,21,22)(H,18,19,20);1H. The number of aromatic nitrogens is 2. The van der Waals surface area contributed by atoms with Crippen molar-refractivity contribution >= 4 is 35.8 Å². The molecule has 1 aromatic heterocycles. The Labute approximate surface area is 145 Å². The van der Waals surface area contributed by atoms with Crippen LogP contribution in [-0.4, -0.2) is 27.6 Å². The van der Waals surface area contributed by atoms with Crippen molar-refractivity contribution in [3.63, 3.8) is 0 Å². The van der Waals surface area contributed by atoms with Crippen LogP contribution in [0, 0.1) is 12.8 Å². The third-order valence-electron chi connectivity index (χ3n) is 3.66. The highest BCUT2D eigenvalue weighted by atomic mass is 35.5. The van der Waals surface area contributed by atoms with Crippen LogP contribution < -0.4 is 5.32 Å². The molecule has 1 fully saturated rings. The van der Waals surface area contributed by atoms with Gasteiger partial charge in [-0.2, -0.15) is 0 Å². The van der Waals surface area contributed by atoms with E-state index < -0.39 is 5.97 Å². The van der Waals surface area contributed by atoms with Gasteiger partial charge in [0.25, 0.3) is 0 Å². The van der Waals surface area contributed by atoms with Crippen LogP contribution in [0.25, 0.3) is 11.4 Å². The summed E-state index contributed by atoms with van der Waals surface area (Å²) in [7, 11) is 0. The summed E-state index contributed by atoms with van der Waals surface area (Å²) in [6, 6.07) is 7.17. The number of carboxylic acids is 1. The molecular weight excluding hydrogens is 337 g/mol. The van der Waals surface area contributed by atoms with Crippen molar-refractivity contribution in [2.45, 2.75) is 19.8 Å². The molecule has 0 saturated heterocycles. The predicted molar refractivity (Wildman–Crippen MR) is 92.6 cm³/mol. The van der Waals surface area contributed by atoms with Gasteiger partial charge in [0.05, 0.1) is 5.69 Å². The molecule has 5 nitrogen and oxygen atoms in total. The molecule has 0 radical (unpaired) electrons. The van der Waals surface area contributed by atoms with Gasteiger partial charge >= 0.3 is 5.97 Å². The summed E-state index contributed by atoms with van der Waals surface area (Å²) in [4.78, 5) is 20.2. The molecule has 0 amide bonds. The molecule has 1 heterocycles. The van der Waals surface area contributed by atoms with E-state index in [-0.39, 0.29) is 18.0 Å². The van der Waals surface area contributed by atoms with Crippen molar-refractivity contribution in [1.82, 2.24) is 9.97 Å². The van der Waals surface area contributed by atoms with Gasteiger partial charge < -0.3 is 10.4 Å². The van der Waals surface area contributed by atoms with Gasteiger partial charge in [0.2, 0.25) is 0 Å². The Kier molecular flexibility index (Phi) is 5.44. The van der Waals surface area contributed by atoms with Crippen LogP contribution in [0.4, 0.5) is 5.82 Å². The average Bonchev–Trinajstić information content (AvgIpc) is 3.29. The Hall–Kier alpha value is -1.85. The quantitative estimate of drug-likeness (QED) is 0.847. The SMILES string of the molecule is Cc1nc(-c2ccc(Cl)cc2)nc(NCC2CC2)c1C(=O)O.Cl. The summed E-state index contributed by atoms with van der Waals surface area (Å²) in [5, 5.41) is 13.2. The maximum atomic E-state index is 11.5. The van der Waals surface area contributed by atoms with Crippen LogP contribution in [-0.2, 0) is 0 Å². The first-order chi connectivity index (χ1) is 10.5. The fourth-order valence-electron chi connectivity index (χ4n) is 2.25. The Morgan fingerprint density at radius 2 is 1.96 bits per heavy atom.